The number of aryl methyl sites for hydroxylation is 2. The van der Waals surface area contributed by atoms with E-state index in [0.29, 0.717) is 47.6 Å². The monoisotopic (exact) mass is 624 g/mol. The standard InChI is InChI=1S/C32H44N6O5S/c1-24-20-28(42-4)21-25(2)30(24)44(40,41)38-15-6-5-9-27(38)23-43-31-34-14-10-29(35-31)36(3)18-19-37-16-11-32(39,12-17-37)26-8-7-13-33-22-26/h7-8,10,13-14,20-22,27,39H,5-6,9,11-12,15-19,23H2,1-4H3. The summed E-state index contributed by atoms with van der Waals surface area (Å²) in [5.74, 6) is 1.37. The minimum Gasteiger partial charge on any atom is -0.497 e. The number of ether oxygens (including phenoxy) is 2. The zero-order valence-electron chi connectivity index (χ0n) is 26.1. The van der Waals surface area contributed by atoms with Crippen LogP contribution in [-0.2, 0) is 15.6 Å². The molecule has 11 nitrogen and oxygen atoms in total. The first-order valence-corrected chi connectivity index (χ1v) is 16.7. The molecule has 2 aliphatic rings. The topological polar surface area (TPSA) is 121 Å². The lowest BCUT2D eigenvalue weighted by atomic mass is 9.85. The zero-order chi connectivity index (χ0) is 31.3. The molecule has 2 saturated heterocycles. The second-order valence-corrected chi connectivity index (χ2v) is 13.7. The molecule has 0 radical (unpaired) electrons. The van der Waals surface area contributed by atoms with E-state index in [0.717, 1.165) is 50.4 Å². The van der Waals surface area contributed by atoms with E-state index in [1.807, 2.05) is 25.2 Å². The molecule has 1 unspecified atom stereocenters. The Kier molecular flexibility index (Phi) is 10.0. The fraction of sp³-hybridized carbons (Fsp3) is 0.531. The van der Waals surface area contributed by atoms with Crippen LogP contribution in [-0.4, -0.2) is 97.2 Å². The minimum absolute atomic E-state index is 0.175. The Labute approximate surface area is 260 Å². The van der Waals surface area contributed by atoms with Crippen LogP contribution in [0.3, 0.4) is 0 Å². The molecule has 5 rings (SSSR count). The van der Waals surface area contributed by atoms with Crippen molar-refractivity contribution in [1.29, 1.82) is 0 Å². The maximum Gasteiger partial charge on any atom is 0.318 e. The first-order valence-electron chi connectivity index (χ1n) is 15.3. The molecule has 44 heavy (non-hydrogen) atoms. The van der Waals surface area contributed by atoms with Crippen molar-refractivity contribution in [3.63, 3.8) is 0 Å². The number of pyridine rings is 1. The van der Waals surface area contributed by atoms with Gasteiger partial charge >= 0.3 is 6.01 Å². The Hall–Kier alpha value is -3.32. The number of rotatable bonds is 11. The number of aromatic nitrogens is 3. The van der Waals surface area contributed by atoms with Crippen molar-refractivity contribution in [2.24, 2.45) is 0 Å². The Balaban J connectivity index is 1.17. The van der Waals surface area contributed by atoms with Crippen molar-refractivity contribution >= 4 is 15.8 Å². The summed E-state index contributed by atoms with van der Waals surface area (Å²) in [6.45, 7) is 7.41. The van der Waals surface area contributed by atoms with E-state index in [9.17, 15) is 13.5 Å². The van der Waals surface area contributed by atoms with Gasteiger partial charge in [0.15, 0.2) is 0 Å². The fourth-order valence-electron chi connectivity index (χ4n) is 6.27. The molecule has 4 heterocycles. The van der Waals surface area contributed by atoms with E-state index in [4.69, 9.17) is 9.47 Å². The van der Waals surface area contributed by atoms with Crippen LogP contribution in [0.5, 0.6) is 11.8 Å². The van der Waals surface area contributed by atoms with Crippen molar-refractivity contribution in [2.75, 3.05) is 58.4 Å². The third-order valence-corrected chi connectivity index (χ3v) is 11.1. The van der Waals surface area contributed by atoms with Gasteiger partial charge in [-0.3, -0.25) is 4.98 Å². The Morgan fingerprint density at radius 2 is 1.84 bits per heavy atom. The molecule has 3 aromatic rings. The molecule has 2 aliphatic heterocycles. The van der Waals surface area contributed by atoms with Gasteiger partial charge in [0.05, 0.1) is 23.6 Å². The van der Waals surface area contributed by atoms with Crippen LogP contribution in [0.1, 0.15) is 48.8 Å². The molecule has 1 N–H and O–H groups in total. The average molecular weight is 625 g/mol. The number of benzene rings is 1. The summed E-state index contributed by atoms with van der Waals surface area (Å²) in [4.78, 5) is 17.8. The van der Waals surface area contributed by atoms with Gasteiger partial charge in [-0.1, -0.05) is 12.5 Å². The zero-order valence-corrected chi connectivity index (χ0v) is 27.0. The quantitative estimate of drug-likeness (QED) is 0.339. The van der Waals surface area contributed by atoms with Crippen LogP contribution in [0, 0.1) is 13.8 Å². The van der Waals surface area contributed by atoms with E-state index in [2.05, 4.69) is 24.8 Å². The highest BCUT2D eigenvalue weighted by Crippen LogP contribution is 2.33. The summed E-state index contributed by atoms with van der Waals surface area (Å²) in [6.07, 6.45) is 8.93. The Bertz CT molecular complexity index is 1490. The molecule has 2 aromatic heterocycles. The van der Waals surface area contributed by atoms with Crippen molar-refractivity contribution < 1.29 is 23.0 Å². The number of hydrogen-bond acceptors (Lipinski definition) is 10. The lowest BCUT2D eigenvalue weighted by Crippen LogP contribution is -2.47. The van der Waals surface area contributed by atoms with Gasteiger partial charge in [0.25, 0.3) is 0 Å². The van der Waals surface area contributed by atoms with Gasteiger partial charge in [-0.2, -0.15) is 9.29 Å². The largest absolute Gasteiger partial charge is 0.497 e. The summed E-state index contributed by atoms with van der Waals surface area (Å²) in [5.41, 5.74) is 1.39. The molecule has 0 amide bonds. The van der Waals surface area contributed by atoms with E-state index in [1.165, 1.54) is 0 Å². The summed E-state index contributed by atoms with van der Waals surface area (Å²) in [7, 11) is -0.178. The molecular weight excluding hydrogens is 580 g/mol. The molecule has 0 saturated carbocycles. The number of hydrogen-bond donors (Lipinski definition) is 1. The summed E-state index contributed by atoms with van der Waals surface area (Å²) in [6, 6.07) is 9.09. The molecule has 12 heteroatoms. The maximum absolute atomic E-state index is 13.9. The van der Waals surface area contributed by atoms with Crippen molar-refractivity contribution in [3.05, 3.63) is 65.6 Å². The van der Waals surface area contributed by atoms with E-state index in [1.54, 1.807) is 56.0 Å². The predicted octanol–water partition coefficient (Wildman–Crippen LogP) is 3.54. The molecular formula is C32H44N6O5S. The normalized spacial score (nSPS) is 19.4. The lowest BCUT2D eigenvalue weighted by molar-refractivity contribution is -0.0254. The number of likely N-dealkylation sites (tertiary alicyclic amines) is 1. The number of sulfonamides is 1. The fourth-order valence-corrected chi connectivity index (χ4v) is 8.37. The van der Waals surface area contributed by atoms with Gasteiger partial charge in [-0.15, -0.1) is 0 Å². The van der Waals surface area contributed by atoms with Gasteiger partial charge in [-0.05, 0) is 74.9 Å². The number of methoxy groups -OCH3 is 1. The summed E-state index contributed by atoms with van der Waals surface area (Å²) >= 11 is 0. The summed E-state index contributed by atoms with van der Waals surface area (Å²) < 4.78 is 40.7. The van der Waals surface area contributed by atoms with Gasteiger partial charge in [0, 0.05) is 63.9 Å². The minimum atomic E-state index is -3.74. The van der Waals surface area contributed by atoms with Crippen LogP contribution >= 0.6 is 0 Å². The van der Waals surface area contributed by atoms with Crippen molar-refractivity contribution in [1.82, 2.24) is 24.2 Å². The first kappa shape index (κ1) is 32.1. The Morgan fingerprint density at radius 3 is 2.52 bits per heavy atom. The summed E-state index contributed by atoms with van der Waals surface area (Å²) in [5, 5.41) is 11.1. The average Bonchev–Trinajstić information content (AvgIpc) is 3.03. The lowest BCUT2D eigenvalue weighted by Gasteiger charge is -2.38. The Morgan fingerprint density at radius 1 is 1.09 bits per heavy atom. The number of nitrogens with zero attached hydrogens (tertiary/aromatic N) is 6. The molecule has 0 aliphatic carbocycles. The van der Waals surface area contributed by atoms with Gasteiger partial charge in [0.2, 0.25) is 10.0 Å². The van der Waals surface area contributed by atoms with E-state index >= 15 is 0 Å². The third-order valence-electron chi connectivity index (χ3n) is 8.86. The van der Waals surface area contributed by atoms with E-state index < -0.39 is 15.6 Å². The second-order valence-electron chi connectivity index (χ2n) is 11.9. The van der Waals surface area contributed by atoms with Gasteiger partial charge in [-0.25, -0.2) is 13.4 Å². The highest BCUT2D eigenvalue weighted by atomic mass is 32.2. The molecule has 0 bridgehead atoms. The molecule has 0 spiro atoms. The number of piperidine rings is 2. The first-order chi connectivity index (χ1) is 21.1. The van der Waals surface area contributed by atoms with Gasteiger partial charge < -0.3 is 24.4 Å². The van der Waals surface area contributed by atoms with Crippen molar-refractivity contribution in [2.45, 2.75) is 62.5 Å². The highest BCUT2D eigenvalue weighted by molar-refractivity contribution is 7.89. The SMILES string of the molecule is COc1cc(C)c(S(=O)(=O)N2CCCCC2COc2nccc(N(C)CCN3CCC(O)(c4cccnc4)CC3)n2)c(C)c1. The smallest absolute Gasteiger partial charge is 0.318 e. The van der Waals surface area contributed by atoms with Crippen LogP contribution in [0.2, 0.25) is 0 Å². The number of aliphatic hydroxyl groups is 1. The predicted molar refractivity (Wildman–Crippen MR) is 169 cm³/mol. The molecule has 238 valence electrons. The number of anilines is 1. The molecule has 1 aromatic carbocycles. The van der Waals surface area contributed by atoms with Crippen LogP contribution in [0.15, 0.2) is 53.8 Å². The van der Waals surface area contributed by atoms with Gasteiger partial charge in [0.1, 0.15) is 18.2 Å². The second kappa shape index (κ2) is 13.8. The maximum atomic E-state index is 13.9. The van der Waals surface area contributed by atoms with Crippen LogP contribution in [0.4, 0.5) is 5.82 Å². The van der Waals surface area contributed by atoms with Crippen molar-refractivity contribution in [3.8, 4) is 11.8 Å². The molecule has 2 fully saturated rings. The number of likely N-dealkylation sites (N-methyl/N-ethyl adjacent to an activating group) is 1. The third kappa shape index (κ3) is 7.14. The highest BCUT2D eigenvalue weighted by Gasteiger charge is 2.36. The van der Waals surface area contributed by atoms with E-state index in [-0.39, 0.29) is 18.7 Å². The van der Waals surface area contributed by atoms with Crippen LogP contribution < -0.4 is 14.4 Å². The van der Waals surface area contributed by atoms with Crippen LogP contribution in [0.25, 0.3) is 0 Å². The molecule has 1 atom stereocenters.